The number of nitrogens with one attached hydrogen (secondary N) is 1. The van der Waals surface area contributed by atoms with Gasteiger partial charge in [0.25, 0.3) is 0 Å². The average molecular weight is 276 g/mol. The van der Waals surface area contributed by atoms with E-state index in [4.69, 9.17) is 5.73 Å². The maximum Gasteiger partial charge on any atom is 0.422 e. The zero-order valence-corrected chi connectivity index (χ0v) is 10.3. The molecule has 1 amide bonds. The van der Waals surface area contributed by atoms with Gasteiger partial charge in [-0.1, -0.05) is 13.0 Å². The fourth-order valence-electron chi connectivity index (χ4n) is 1.20. The molecule has 1 unspecified atom stereocenters. The maximum atomic E-state index is 12.0. The standard InChI is InChI=1S/C12H15F3N2O2/c1-8(6-16)11(18)17-9-3-2-4-10(5-9)19-7-12(13,14)15/h2-5,8H,6-7,16H2,1H3,(H,17,18). The van der Waals surface area contributed by atoms with E-state index in [9.17, 15) is 18.0 Å². The lowest BCUT2D eigenvalue weighted by atomic mass is 10.1. The van der Waals surface area contributed by atoms with Gasteiger partial charge in [0, 0.05) is 24.2 Å². The highest BCUT2D eigenvalue weighted by Crippen LogP contribution is 2.21. The van der Waals surface area contributed by atoms with Crippen LogP contribution in [0.4, 0.5) is 18.9 Å². The number of rotatable bonds is 5. The summed E-state index contributed by atoms with van der Waals surface area (Å²) in [6, 6.07) is 5.76. The van der Waals surface area contributed by atoms with E-state index < -0.39 is 12.8 Å². The quantitative estimate of drug-likeness (QED) is 0.866. The molecule has 0 aliphatic rings. The topological polar surface area (TPSA) is 64.4 Å². The molecule has 19 heavy (non-hydrogen) atoms. The highest BCUT2D eigenvalue weighted by Gasteiger charge is 2.28. The van der Waals surface area contributed by atoms with Gasteiger partial charge in [0.1, 0.15) is 5.75 Å². The lowest BCUT2D eigenvalue weighted by molar-refractivity contribution is -0.153. The first-order valence-corrected chi connectivity index (χ1v) is 5.62. The van der Waals surface area contributed by atoms with Gasteiger partial charge in [-0.25, -0.2) is 0 Å². The summed E-state index contributed by atoms with van der Waals surface area (Å²) in [6.45, 7) is 0.471. The van der Waals surface area contributed by atoms with Gasteiger partial charge in [-0.05, 0) is 12.1 Å². The Hall–Kier alpha value is -1.76. The summed E-state index contributed by atoms with van der Waals surface area (Å²) in [7, 11) is 0. The number of nitrogens with two attached hydrogens (primary N) is 1. The van der Waals surface area contributed by atoms with E-state index in [1.807, 2.05) is 0 Å². The van der Waals surface area contributed by atoms with Crippen molar-refractivity contribution in [3.05, 3.63) is 24.3 Å². The number of carbonyl (C=O) groups is 1. The molecule has 106 valence electrons. The van der Waals surface area contributed by atoms with Crippen LogP contribution in [0.3, 0.4) is 0 Å². The van der Waals surface area contributed by atoms with Crippen molar-refractivity contribution in [1.82, 2.24) is 0 Å². The van der Waals surface area contributed by atoms with Crippen molar-refractivity contribution in [2.45, 2.75) is 13.1 Å². The van der Waals surface area contributed by atoms with Crippen molar-refractivity contribution < 1.29 is 22.7 Å². The molecule has 0 fully saturated rings. The zero-order valence-electron chi connectivity index (χ0n) is 10.3. The third-order valence-electron chi connectivity index (χ3n) is 2.31. The molecule has 0 saturated carbocycles. The normalized spacial score (nSPS) is 12.9. The average Bonchev–Trinajstić information content (AvgIpc) is 2.35. The highest BCUT2D eigenvalue weighted by molar-refractivity contribution is 5.92. The third-order valence-corrected chi connectivity index (χ3v) is 2.31. The first-order valence-electron chi connectivity index (χ1n) is 5.62. The number of halogens is 3. The molecule has 0 radical (unpaired) electrons. The predicted octanol–water partition coefficient (Wildman–Crippen LogP) is 2.16. The minimum absolute atomic E-state index is 0.0375. The van der Waals surface area contributed by atoms with Crippen LogP contribution in [0, 0.1) is 5.92 Å². The Morgan fingerprint density at radius 2 is 2.16 bits per heavy atom. The van der Waals surface area contributed by atoms with Crippen LogP contribution < -0.4 is 15.8 Å². The number of amides is 1. The summed E-state index contributed by atoms with van der Waals surface area (Å²) in [5.74, 6) is -0.634. The second-order valence-corrected chi connectivity index (χ2v) is 4.06. The zero-order chi connectivity index (χ0) is 14.5. The van der Waals surface area contributed by atoms with Gasteiger partial charge in [-0.2, -0.15) is 13.2 Å². The summed E-state index contributed by atoms with van der Waals surface area (Å²) < 4.78 is 40.6. The van der Waals surface area contributed by atoms with Crippen LogP contribution in [0.15, 0.2) is 24.3 Å². The van der Waals surface area contributed by atoms with Crippen molar-refractivity contribution in [2.75, 3.05) is 18.5 Å². The lowest BCUT2D eigenvalue weighted by Crippen LogP contribution is -2.26. The van der Waals surface area contributed by atoms with Gasteiger partial charge in [-0.3, -0.25) is 4.79 Å². The van der Waals surface area contributed by atoms with Crippen LogP contribution >= 0.6 is 0 Å². The highest BCUT2D eigenvalue weighted by atomic mass is 19.4. The molecule has 0 saturated heterocycles. The molecule has 0 aliphatic carbocycles. The maximum absolute atomic E-state index is 12.0. The Bertz CT molecular complexity index is 435. The monoisotopic (exact) mass is 276 g/mol. The van der Waals surface area contributed by atoms with Crippen LogP contribution in [0.2, 0.25) is 0 Å². The molecule has 1 aromatic carbocycles. The van der Waals surface area contributed by atoms with Crippen LogP contribution in [0.1, 0.15) is 6.92 Å². The van der Waals surface area contributed by atoms with Crippen LogP contribution in [0.5, 0.6) is 5.75 Å². The van der Waals surface area contributed by atoms with E-state index >= 15 is 0 Å². The number of carbonyl (C=O) groups excluding carboxylic acids is 1. The van der Waals surface area contributed by atoms with E-state index in [0.29, 0.717) is 5.69 Å². The SMILES string of the molecule is CC(CN)C(=O)Nc1cccc(OCC(F)(F)F)c1. The molecule has 0 bridgehead atoms. The Morgan fingerprint density at radius 3 is 2.74 bits per heavy atom. The first kappa shape index (κ1) is 15.3. The molecule has 4 nitrogen and oxygen atoms in total. The number of hydrogen-bond acceptors (Lipinski definition) is 3. The van der Waals surface area contributed by atoms with Crippen molar-refractivity contribution in [3.63, 3.8) is 0 Å². The summed E-state index contributed by atoms with van der Waals surface area (Å²) >= 11 is 0. The summed E-state index contributed by atoms with van der Waals surface area (Å²) in [6.07, 6.45) is -4.40. The van der Waals surface area contributed by atoms with E-state index in [-0.39, 0.29) is 24.1 Å². The molecular weight excluding hydrogens is 261 g/mol. The van der Waals surface area contributed by atoms with Gasteiger partial charge in [0.05, 0.1) is 0 Å². The lowest BCUT2D eigenvalue weighted by Gasteiger charge is -2.12. The molecular formula is C12H15F3N2O2. The second kappa shape index (κ2) is 6.42. The summed E-state index contributed by atoms with van der Waals surface area (Å²) in [5, 5.41) is 2.55. The first-order chi connectivity index (χ1) is 8.81. The minimum Gasteiger partial charge on any atom is -0.484 e. The predicted molar refractivity (Wildman–Crippen MR) is 64.8 cm³/mol. The number of alkyl halides is 3. The van der Waals surface area contributed by atoms with Crippen molar-refractivity contribution in [2.24, 2.45) is 11.7 Å². The summed E-state index contributed by atoms with van der Waals surface area (Å²) in [4.78, 5) is 11.6. The molecule has 1 rings (SSSR count). The van der Waals surface area contributed by atoms with E-state index in [2.05, 4.69) is 10.1 Å². The molecule has 0 spiro atoms. The Morgan fingerprint density at radius 1 is 1.47 bits per heavy atom. The van der Waals surface area contributed by atoms with E-state index in [1.54, 1.807) is 13.0 Å². The van der Waals surface area contributed by atoms with Gasteiger partial charge in [0.15, 0.2) is 6.61 Å². The van der Waals surface area contributed by atoms with E-state index in [1.165, 1.54) is 18.2 Å². The van der Waals surface area contributed by atoms with Crippen molar-refractivity contribution in [1.29, 1.82) is 0 Å². The van der Waals surface area contributed by atoms with E-state index in [0.717, 1.165) is 0 Å². The molecule has 0 heterocycles. The van der Waals surface area contributed by atoms with Crippen molar-refractivity contribution in [3.8, 4) is 5.75 Å². The minimum atomic E-state index is -4.40. The molecule has 0 aromatic heterocycles. The molecule has 1 atom stereocenters. The number of anilines is 1. The van der Waals surface area contributed by atoms with Gasteiger partial charge in [-0.15, -0.1) is 0 Å². The second-order valence-electron chi connectivity index (χ2n) is 4.06. The third kappa shape index (κ3) is 5.60. The number of ether oxygens (including phenoxy) is 1. The molecule has 7 heteroatoms. The van der Waals surface area contributed by atoms with Crippen molar-refractivity contribution >= 4 is 11.6 Å². The number of hydrogen-bond donors (Lipinski definition) is 2. The largest absolute Gasteiger partial charge is 0.484 e. The van der Waals surface area contributed by atoms with Crippen LogP contribution in [-0.4, -0.2) is 25.2 Å². The fourth-order valence-corrected chi connectivity index (χ4v) is 1.20. The summed E-state index contributed by atoms with van der Waals surface area (Å²) in [5.41, 5.74) is 5.71. The smallest absolute Gasteiger partial charge is 0.422 e. The molecule has 1 aromatic rings. The Labute approximate surface area is 108 Å². The Kier molecular flexibility index (Phi) is 5.17. The van der Waals surface area contributed by atoms with Crippen LogP contribution in [-0.2, 0) is 4.79 Å². The molecule has 3 N–H and O–H groups in total. The van der Waals surface area contributed by atoms with Crippen LogP contribution in [0.25, 0.3) is 0 Å². The van der Waals surface area contributed by atoms with Gasteiger partial charge >= 0.3 is 6.18 Å². The van der Waals surface area contributed by atoms with Gasteiger partial charge < -0.3 is 15.8 Å². The fraction of sp³-hybridized carbons (Fsp3) is 0.417. The number of benzene rings is 1. The molecule has 0 aliphatic heterocycles. The Balaban J connectivity index is 2.64. The van der Waals surface area contributed by atoms with Gasteiger partial charge in [0.2, 0.25) is 5.91 Å².